The van der Waals surface area contributed by atoms with Gasteiger partial charge in [0.2, 0.25) is 5.79 Å². The van der Waals surface area contributed by atoms with Gasteiger partial charge in [-0.3, -0.25) is 0 Å². The van der Waals surface area contributed by atoms with E-state index in [1.807, 2.05) is 19.9 Å². The molecule has 4 aliphatic rings. The number of nitrogens with two attached hydrogens (primary N) is 1. The van der Waals surface area contributed by atoms with E-state index in [4.69, 9.17) is 24.7 Å². The first-order chi connectivity index (χ1) is 11.7. The zero-order chi connectivity index (χ0) is 16.9. The summed E-state index contributed by atoms with van der Waals surface area (Å²) in [5, 5.41) is 0. The molecule has 2 N–H and O–H groups in total. The molecule has 24 heavy (non-hydrogen) atoms. The van der Waals surface area contributed by atoms with Crippen LogP contribution in [0.25, 0.3) is 0 Å². The van der Waals surface area contributed by atoms with E-state index < -0.39 is 5.79 Å². The summed E-state index contributed by atoms with van der Waals surface area (Å²) in [6.45, 7) is 5.28. The lowest BCUT2D eigenvalue weighted by molar-refractivity contribution is -0.236. The second-order valence-electron chi connectivity index (χ2n) is 6.81. The second kappa shape index (κ2) is 5.90. The van der Waals surface area contributed by atoms with Gasteiger partial charge in [-0.25, -0.2) is 0 Å². The number of ether oxygens (including phenoxy) is 4. The third kappa shape index (κ3) is 2.04. The molecule has 0 aromatic heterocycles. The van der Waals surface area contributed by atoms with Crippen LogP contribution in [0.15, 0.2) is 12.1 Å². The van der Waals surface area contributed by atoms with E-state index in [1.165, 1.54) is 11.1 Å². The van der Waals surface area contributed by atoms with Gasteiger partial charge >= 0.3 is 0 Å². The molecule has 0 amide bonds. The molecule has 4 atom stereocenters. The van der Waals surface area contributed by atoms with E-state index in [0.29, 0.717) is 19.1 Å². The van der Waals surface area contributed by atoms with Crippen molar-refractivity contribution in [1.29, 1.82) is 0 Å². The van der Waals surface area contributed by atoms with E-state index in [9.17, 15) is 0 Å². The molecule has 5 heteroatoms. The quantitative estimate of drug-likeness (QED) is 0.856. The molecule has 3 unspecified atom stereocenters. The number of hydrogen-bond donors (Lipinski definition) is 1. The van der Waals surface area contributed by atoms with Gasteiger partial charge < -0.3 is 24.7 Å². The van der Waals surface area contributed by atoms with E-state index in [-0.39, 0.29) is 18.1 Å². The van der Waals surface area contributed by atoms with Crippen LogP contribution in [-0.2, 0) is 15.9 Å². The van der Waals surface area contributed by atoms with Crippen molar-refractivity contribution in [3.8, 4) is 11.5 Å². The lowest BCUT2D eigenvalue weighted by atomic mass is 9.64. The van der Waals surface area contributed by atoms with E-state index in [0.717, 1.165) is 30.8 Å². The van der Waals surface area contributed by atoms with Crippen LogP contribution in [-0.4, -0.2) is 38.3 Å². The minimum Gasteiger partial charge on any atom is -0.493 e. The Labute approximate surface area is 143 Å². The average molecular weight is 333 g/mol. The van der Waals surface area contributed by atoms with Crippen LogP contribution < -0.4 is 15.2 Å². The van der Waals surface area contributed by atoms with Crippen molar-refractivity contribution < 1.29 is 18.9 Å². The normalized spacial score (nSPS) is 34.2. The van der Waals surface area contributed by atoms with Gasteiger partial charge in [-0.2, -0.15) is 0 Å². The third-order valence-electron chi connectivity index (χ3n) is 5.88. The number of hydrogen-bond acceptors (Lipinski definition) is 5. The Hall–Kier alpha value is -1.30. The first kappa shape index (κ1) is 16.2. The maximum atomic E-state index is 6.48. The SMILES string of the molecule is CC.COc1ccc2c3c1O[C@H]1C3C(CCC13OCCO3)C(N)C2. The van der Waals surface area contributed by atoms with Crippen LogP contribution in [0.2, 0.25) is 0 Å². The van der Waals surface area contributed by atoms with Gasteiger partial charge in [-0.15, -0.1) is 0 Å². The van der Waals surface area contributed by atoms with Gasteiger partial charge in [-0.1, -0.05) is 19.9 Å². The zero-order valence-corrected chi connectivity index (χ0v) is 14.7. The maximum Gasteiger partial charge on any atom is 0.206 e. The summed E-state index contributed by atoms with van der Waals surface area (Å²) in [5.74, 6) is 1.78. The van der Waals surface area contributed by atoms with Crippen molar-refractivity contribution in [3.63, 3.8) is 0 Å². The van der Waals surface area contributed by atoms with Gasteiger partial charge in [0.25, 0.3) is 0 Å². The number of fused-ring (bicyclic) bond motifs is 1. The molecule has 2 aliphatic carbocycles. The molecule has 2 fully saturated rings. The summed E-state index contributed by atoms with van der Waals surface area (Å²) < 4.78 is 23.9. The summed E-state index contributed by atoms with van der Waals surface area (Å²) in [7, 11) is 1.69. The minimum absolute atomic E-state index is 0.106. The molecule has 2 heterocycles. The van der Waals surface area contributed by atoms with Gasteiger partial charge in [0, 0.05) is 23.9 Å². The highest BCUT2D eigenvalue weighted by Crippen LogP contribution is 2.59. The average Bonchev–Trinajstić information content (AvgIpc) is 3.24. The van der Waals surface area contributed by atoms with E-state index >= 15 is 0 Å². The van der Waals surface area contributed by atoms with E-state index in [1.54, 1.807) is 7.11 Å². The topological polar surface area (TPSA) is 62.9 Å². The predicted octanol–water partition coefficient (Wildman–Crippen LogP) is 2.60. The van der Waals surface area contributed by atoms with Crippen molar-refractivity contribution in [1.82, 2.24) is 0 Å². The summed E-state index contributed by atoms with van der Waals surface area (Å²) in [6.07, 6.45) is 2.70. The fourth-order valence-corrected chi connectivity index (χ4v) is 4.95. The number of methoxy groups -OCH3 is 1. The largest absolute Gasteiger partial charge is 0.493 e. The van der Waals surface area contributed by atoms with Crippen LogP contribution in [0.5, 0.6) is 11.5 Å². The van der Waals surface area contributed by atoms with E-state index in [2.05, 4.69) is 6.07 Å². The molecule has 1 aromatic carbocycles. The molecule has 2 aliphatic heterocycles. The molecule has 1 spiro atoms. The van der Waals surface area contributed by atoms with Crippen molar-refractivity contribution >= 4 is 0 Å². The number of benzene rings is 1. The fourth-order valence-electron chi connectivity index (χ4n) is 4.95. The Bertz CT molecular complexity index is 626. The lowest BCUT2D eigenvalue weighted by Crippen LogP contribution is -2.57. The number of rotatable bonds is 1. The molecule has 5 nitrogen and oxygen atoms in total. The Morgan fingerprint density at radius 3 is 2.67 bits per heavy atom. The molecular formula is C19H27NO4. The standard InChI is InChI=1S/C17H21NO4.C2H6/c1-19-12-3-2-9-8-11(18)10-4-5-17(20-6-7-21-17)16-14(10)13(9)15(12)22-16;1-2/h2-3,10-11,14,16H,4-8,18H2,1H3;1-2H3/t10?,11?,14?,16-;/m0./s1. The first-order valence-corrected chi connectivity index (χ1v) is 9.13. The van der Waals surface area contributed by atoms with Crippen LogP contribution in [0.4, 0.5) is 0 Å². The highest BCUT2D eigenvalue weighted by Gasteiger charge is 2.61. The Morgan fingerprint density at radius 2 is 1.96 bits per heavy atom. The smallest absolute Gasteiger partial charge is 0.206 e. The van der Waals surface area contributed by atoms with Crippen molar-refractivity contribution in [2.45, 2.75) is 57.0 Å². The Balaban J connectivity index is 0.000000704. The van der Waals surface area contributed by atoms with Crippen LogP contribution >= 0.6 is 0 Å². The molecule has 1 saturated carbocycles. The Morgan fingerprint density at radius 1 is 1.21 bits per heavy atom. The maximum absolute atomic E-state index is 6.48. The molecule has 1 saturated heterocycles. The van der Waals surface area contributed by atoms with Crippen LogP contribution in [0.3, 0.4) is 0 Å². The van der Waals surface area contributed by atoms with Gasteiger partial charge in [0.05, 0.1) is 20.3 Å². The highest BCUT2D eigenvalue weighted by molar-refractivity contribution is 5.58. The fraction of sp³-hybridized carbons (Fsp3) is 0.684. The summed E-state index contributed by atoms with van der Waals surface area (Å²) in [5.41, 5.74) is 9.06. The monoisotopic (exact) mass is 333 g/mol. The summed E-state index contributed by atoms with van der Waals surface area (Å²) >= 11 is 0. The molecule has 5 rings (SSSR count). The van der Waals surface area contributed by atoms with Gasteiger partial charge in [-0.05, 0) is 30.4 Å². The van der Waals surface area contributed by atoms with Crippen LogP contribution in [0, 0.1) is 5.92 Å². The Kier molecular flexibility index (Phi) is 3.98. The zero-order valence-electron chi connectivity index (χ0n) is 14.7. The van der Waals surface area contributed by atoms with Crippen molar-refractivity contribution in [2.24, 2.45) is 11.7 Å². The lowest BCUT2D eigenvalue weighted by Gasteiger charge is -2.47. The predicted molar refractivity (Wildman–Crippen MR) is 90.5 cm³/mol. The minimum atomic E-state index is -0.598. The highest BCUT2D eigenvalue weighted by atomic mass is 16.8. The van der Waals surface area contributed by atoms with Crippen molar-refractivity contribution in [2.75, 3.05) is 20.3 Å². The summed E-state index contributed by atoms with van der Waals surface area (Å²) in [4.78, 5) is 0. The molecule has 1 aromatic rings. The van der Waals surface area contributed by atoms with Gasteiger partial charge in [0.15, 0.2) is 17.6 Å². The first-order valence-electron chi connectivity index (χ1n) is 9.13. The van der Waals surface area contributed by atoms with Crippen molar-refractivity contribution in [3.05, 3.63) is 23.3 Å². The molecule has 0 radical (unpaired) electrons. The third-order valence-corrected chi connectivity index (χ3v) is 5.88. The van der Waals surface area contributed by atoms with Crippen LogP contribution in [0.1, 0.15) is 43.7 Å². The van der Waals surface area contributed by atoms with Gasteiger partial charge in [0.1, 0.15) is 0 Å². The summed E-state index contributed by atoms with van der Waals surface area (Å²) in [6, 6.07) is 4.31. The molecule has 132 valence electrons. The second-order valence-corrected chi connectivity index (χ2v) is 6.81. The molecule has 0 bridgehead atoms. The molecular weight excluding hydrogens is 306 g/mol.